The summed E-state index contributed by atoms with van der Waals surface area (Å²) in [7, 11) is 0. The zero-order valence-corrected chi connectivity index (χ0v) is 15.8. The van der Waals surface area contributed by atoms with Crippen molar-refractivity contribution in [2.24, 2.45) is 0 Å². The van der Waals surface area contributed by atoms with Crippen LogP contribution in [0.15, 0.2) is 48.5 Å². The Hall–Kier alpha value is -3.62. The van der Waals surface area contributed by atoms with Crippen LogP contribution in [0.4, 0.5) is 4.39 Å². The molecule has 0 unspecified atom stereocenters. The highest BCUT2D eigenvalue weighted by Crippen LogP contribution is 2.13. The summed E-state index contributed by atoms with van der Waals surface area (Å²) < 4.78 is 17.8. The molecule has 0 bridgehead atoms. The van der Waals surface area contributed by atoms with Gasteiger partial charge in [0.05, 0.1) is 0 Å². The third kappa shape index (κ3) is 6.20. The number of nitrogens with one attached hydrogen (secondary N) is 1. The number of rotatable bonds is 8. The molecule has 0 aliphatic rings. The van der Waals surface area contributed by atoms with Gasteiger partial charge in [0, 0.05) is 12.1 Å². The summed E-state index contributed by atoms with van der Waals surface area (Å²) in [4.78, 5) is 24.7. The van der Waals surface area contributed by atoms with Gasteiger partial charge in [-0.05, 0) is 36.3 Å². The van der Waals surface area contributed by atoms with Crippen molar-refractivity contribution >= 4 is 11.9 Å². The lowest BCUT2D eigenvalue weighted by molar-refractivity contribution is -0.149. The van der Waals surface area contributed by atoms with Gasteiger partial charge < -0.3 is 10.1 Å². The molecule has 0 aliphatic heterocycles. The van der Waals surface area contributed by atoms with Crippen LogP contribution in [0.1, 0.15) is 11.1 Å². The maximum atomic E-state index is 12.8. The Morgan fingerprint density at radius 2 is 1.83 bits per heavy atom. The molecule has 2 aromatic carbocycles. The van der Waals surface area contributed by atoms with Gasteiger partial charge in [-0.25, -0.2) is 9.18 Å². The first-order chi connectivity index (χ1) is 14.0. The van der Waals surface area contributed by atoms with E-state index in [1.165, 1.54) is 12.1 Å². The van der Waals surface area contributed by atoms with Crippen molar-refractivity contribution in [2.75, 3.05) is 13.2 Å². The number of aryl methyl sites for hydroxylation is 1. The van der Waals surface area contributed by atoms with Crippen LogP contribution in [-0.4, -0.2) is 45.2 Å². The molecule has 0 aliphatic carbocycles. The Morgan fingerprint density at radius 1 is 1.10 bits per heavy atom. The van der Waals surface area contributed by atoms with Gasteiger partial charge in [0.1, 0.15) is 5.82 Å². The minimum Gasteiger partial charge on any atom is -0.454 e. The lowest BCUT2D eigenvalue weighted by atomic mass is 10.1. The normalized spacial score (nSPS) is 10.6. The van der Waals surface area contributed by atoms with E-state index in [4.69, 9.17) is 4.74 Å². The van der Waals surface area contributed by atoms with E-state index < -0.39 is 18.5 Å². The van der Waals surface area contributed by atoms with E-state index in [9.17, 15) is 14.0 Å². The molecule has 29 heavy (non-hydrogen) atoms. The van der Waals surface area contributed by atoms with Crippen molar-refractivity contribution in [3.05, 3.63) is 65.5 Å². The number of carbonyl (C=O) groups is 2. The van der Waals surface area contributed by atoms with E-state index in [1.54, 1.807) is 12.1 Å². The second kappa shape index (κ2) is 9.54. The number of amides is 1. The van der Waals surface area contributed by atoms with E-state index in [0.29, 0.717) is 18.8 Å². The van der Waals surface area contributed by atoms with E-state index in [1.807, 2.05) is 31.2 Å². The standard InChI is InChI=1S/C20H20FN5O3/c1-14-2-6-16(7-3-14)20-23-25-26(24-20)12-19(28)29-13-18(27)22-11-10-15-4-8-17(21)9-5-15/h2-9H,10-13H2,1H3,(H,22,27). The van der Waals surface area contributed by atoms with E-state index in [0.717, 1.165) is 21.5 Å². The third-order valence-electron chi connectivity index (χ3n) is 4.05. The monoisotopic (exact) mass is 397 g/mol. The maximum absolute atomic E-state index is 12.8. The highest BCUT2D eigenvalue weighted by Gasteiger charge is 2.12. The molecule has 1 heterocycles. The topological polar surface area (TPSA) is 99.0 Å². The van der Waals surface area contributed by atoms with Crippen LogP contribution in [0.2, 0.25) is 0 Å². The van der Waals surface area contributed by atoms with Gasteiger partial charge in [-0.2, -0.15) is 4.80 Å². The number of esters is 1. The Labute approximate surface area is 166 Å². The minimum atomic E-state index is -0.647. The fourth-order valence-corrected chi connectivity index (χ4v) is 2.48. The highest BCUT2D eigenvalue weighted by molar-refractivity contribution is 5.80. The minimum absolute atomic E-state index is 0.248. The zero-order chi connectivity index (χ0) is 20.6. The molecule has 0 atom stereocenters. The molecule has 3 aromatic rings. The number of tetrazole rings is 1. The van der Waals surface area contributed by atoms with Gasteiger partial charge in [0.15, 0.2) is 13.2 Å². The summed E-state index contributed by atoms with van der Waals surface area (Å²) >= 11 is 0. The first-order valence-electron chi connectivity index (χ1n) is 9.01. The molecule has 8 nitrogen and oxygen atoms in total. The lowest BCUT2D eigenvalue weighted by Gasteiger charge is -2.06. The quantitative estimate of drug-likeness (QED) is 0.581. The van der Waals surface area contributed by atoms with Gasteiger partial charge in [-0.15, -0.1) is 10.2 Å². The molecule has 150 valence electrons. The second-order valence-electron chi connectivity index (χ2n) is 6.40. The fourth-order valence-electron chi connectivity index (χ4n) is 2.48. The van der Waals surface area contributed by atoms with Crippen LogP contribution < -0.4 is 5.32 Å². The smallest absolute Gasteiger partial charge is 0.330 e. The van der Waals surface area contributed by atoms with Crippen molar-refractivity contribution in [3.63, 3.8) is 0 Å². The van der Waals surface area contributed by atoms with Crippen molar-refractivity contribution < 1.29 is 18.7 Å². The number of aromatic nitrogens is 4. The summed E-state index contributed by atoms with van der Waals surface area (Å²) in [5, 5.41) is 14.5. The Balaban J connectivity index is 1.38. The summed E-state index contributed by atoms with van der Waals surface area (Å²) in [6.45, 7) is 1.68. The van der Waals surface area contributed by atoms with Crippen LogP contribution in [0, 0.1) is 12.7 Å². The molecule has 0 radical (unpaired) electrons. The van der Waals surface area contributed by atoms with Crippen molar-refractivity contribution in [2.45, 2.75) is 19.9 Å². The second-order valence-corrected chi connectivity index (χ2v) is 6.40. The van der Waals surface area contributed by atoms with Crippen LogP contribution in [0.25, 0.3) is 11.4 Å². The molecule has 0 spiro atoms. The molecule has 3 rings (SSSR count). The number of hydrogen-bond donors (Lipinski definition) is 1. The van der Waals surface area contributed by atoms with E-state index in [-0.39, 0.29) is 12.4 Å². The van der Waals surface area contributed by atoms with Crippen LogP contribution in [0.5, 0.6) is 0 Å². The van der Waals surface area contributed by atoms with E-state index in [2.05, 4.69) is 20.7 Å². The molecular weight excluding hydrogens is 377 g/mol. The van der Waals surface area contributed by atoms with Crippen molar-refractivity contribution in [3.8, 4) is 11.4 Å². The highest BCUT2D eigenvalue weighted by atomic mass is 19.1. The molecular formula is C20H20FN5O3. The molecule has 0 fully saturated rings. The zero-order valence-electron chi connectivity index (χ0n) is 15.8. The first-order valence-corrected chi connectivity index (χ1v) is 9.01. The maximum Gasteiger partial charge on any atom is 0.330 e. The Kier molecular flexibility index (Phi) is 6.62. The largest absolute Gasteiger partial charge is 0.454 e. The van der Waals surface area contributed by atoms with Crippen LogP contribution in [-0.2, 0) is 27.3 Å². The fraction of sp³-hybridized carbons (Fsp3) is 0.250. The third-order valence-corrected chi connectivity index (χ3v) is 4.05. The van der Waals surface area contributed by atoms with E-state index >= 15 is 0 Å². The van der Waals surface area contributed by atoms with Gasteiger partial charge in [0.25, 0.3) is 5.91 Å². The SMILES string of the molecule is Cc1ccc(-c2nnn(CC(=O)OCC(=O)NCCc3ccc(F)cc3)n2)cc1. The Bertz CT molecular complexity index is 971. The number of benzene rings is 2. The predicted molar refractivity (Wildman–Crippen MR) is 102 cm³/mol. The number of nitrogens with zero attached hydrogens (tertiary/aromatic N) is 4. The average Bonchev–Trinajstić information content (AvgIpc) is 3.17. The summed E-state index contributed by atoms with van der Waals surface area (Å²) in [5.41, 5.74) is 2.79. The average molecular weight is 397 g/mol. The van der Waals surface area contributed by atoms with Gasteiger partial charge >= 0.3 is 5.97 Å². The van der Waals surface area contributed by atoms with Gasteiger partial charge in [-0.3, -0.25) is 4.79 Å². The molecule has 0 saturated carbocycles. The molecule has 1 N–H and O–H groups in total. The molecule has 0 saturated heterocycles. The molecule has 9 heteroatoms. The number of hydrogen-bond acceptors (Lipinski definition) is 6. The Morgan fingerprint density at radius 3 is 2.55 bits per heavy atom. The summed E-state index contributed by atoms with van der Waals surface area (Å²) in [6.07, 6.45) is 0.546. The predicted octanol–water partition coefficient (Wildman–Crippen LogP) is 1.69. The number of carbonyl (C=O) groups excluding carboxylic acids is 2. The number of halogens is 1. The van der Waals surface area contributed by atoms with Gasteiger partial charge in [-0.1, -0.05) is 42.0 Å². The lowest BCUT2D eigenvalue weighted by Crippen LogP contribution is -2.31. The van der Waals surface area contributed by atoms with Crippen molar-refractivity contribution in [1.29, 1.82) is 0 Å². The summed E-state index contributed by atoms with van der Waals surface area (Å²) in [6, 6.07) is 13.6. The first kappa shape index (κ1) is 20.1. The molecule has 1 amide bonds. The van der Waals surface area contributed by atoms with Crippen LogP contribution >= 0.6 is 0 Å². The molecule has 1 aromatic heterocycles. The van der Waals surface area contributed by atoms with Crippen molar-refractivity contribution in [1.82, 2.24) is 25.5 Å². The van der Waals surface area contributed by atoms with Gasteiger partial charge in [0.2, 0.25) is 5.82 Å². The van der Waals surface area contributed by atoms with Crippen LogP contribution in [0.3, 0.4) is 0 Å². The summed E-state index contributed by atoms with van der Waals surface area (Å²) in [5.74, 6) is -0.979. The number of ether oxygens (including phenoxy) is 1.